The molecule has 4 heteroatoms. The number of benzene rings is 2. The van der Waals surface area contributed by atoms with Crippen molar-refractivity contribution in [3.8, 4) is 0 Å². The van der Waals surface area contributed by atoms with E-state index in [1.807, 2.05) is 67.6 Å². The van der Waals surface area contributed by atoms with Crippen molar-refractivity contribution in [2.24, 2.45) is 0 Å². The fourth-order valence-corrected chi connectivity index (χ4v) is 3.08. The summed E-state index contributed by atoms with van der Waals surface area (Å²) in [5.74, 6) is -0.0488. The summed E-state index contributed by atoms with van der Waals surface area (Å²) in [7, 11) is 0. The molecule has 1 aliphatic heterocycles. The van der Waals surface area contributed by atoms with Crippen molar-refractivity contribution in [2.75, 3.05) is 0 Å². The Morgan fingerprint density at radius 3 is 2.21 bits per heavy atom. The van der Waals surface area contributed by atoms with Crippen LogP contribution in [0, 0.1) is 0 Å². The summed E-state index contributed by atoms with van der Waals surface area (Å²) in [4.78, 5) is 14.2. The summed E-state index contributed by atoms with van der Waals surface area (Å²) in [6.45, 7) is 2.80. The lowest BCUT2D eigenvalue weighted by atomic mass is 9.90. The van der Waals surface area contributed by atoms with Crippen LogP contribution in [0.2, 0.25) is 0 Å². The minimum atomic E-state index is -0.577. The Balaban J connectivity index is 1.67. The molecule has 2 aromatic carbocycles. The molecular weight excluding hydrogens is 302 g/mol. The number of ether oxygens (including phenoxy) is 1. The van der Waals surface area contributed by atoms with Gasteiger partial charge in [0.05, 0.1) is 18.8 Å². The second kappa shape index (κ2) is 7.60. The predicted octanol–water partition coefficient (Wildman–Crippen LogP) is 2.75. The van der Waals surface area contributed by atoms with Gasteiger partial charge in [-0.15, -0.1) is 0 Å². The molecule has 126 valence electrons. The van der Waals surface area contributed by atoms with Crippen LogP contribution in [0.5, 0.6) is 0 Å². The van der Waals surface area contributed by atoms with Crippen LogP contribution in [0.4, 0.5) is 0 Å². The number of hydrogen-bond acceptors (Lipinski definition) is 3. The number of aliphatic hydroxyl groups is 1. The largest absolute Gasteiger partial charge is 0.391 e. The predicted molar refractivity (Wildman–Crippen MR) is 92.1 cm³/mol. The van der Waals surface area contributed by atoms with Crippen molar-refractivity contribution in [3.63, 3.8) is 0 Å². The maximum Gasteiger partial charge on any atom is 0.254 e. The van der Waals surface area contributed by atoms with Gasteiger partial charge in [0.25, 0.3) is 5.91 Å². The fraction of sp³-hybridized carbons (Fsp3) is 0.350. The molecule has 0 unspecified atom stereocenters. The Labute approximate surface area is 142 Å². The minimum Gasteiger partial charge on any atom is -0.391 e. The molecule has 1 fully saturated rings. The van der Waals surface area contributed by atoms with Crippen LogP contribution < -0.4 is 0 Å². The third-order valence-electron chi connectivity index (χ3n) is 4.48. The maximum atomic E-state index is 12.5. The van der Waals surface area contributed by atoms with E-state index in [9.17, 15) is 9.90 Å². The SMILES string of the molecule is CC[C@@H](O)[C@H]1[C@@H](OCc2ccccc2)C(=O)N1Cc1ccccc1. The smallest absolute Gasteiger partial charge is 0.254 e. The van der Waals surface area contributed by atoms with E-state index >= 15 is 0 Å². The number of hydrogen-bond donors (Lipinski definition) is 1. The zero-order valence-corrected chi connectivity index (χ0v) is 13.8. The van der Waals surface area contributed by atoms with E-state index in [1.54, 1.807) is 4.90 Å². The standard InChI is InChI=1S/C20H23NO3/c1-2-17(22)18-19(24-14-16-11-7-4-8-12-16)20(23)21(18)13-15-9-5-3-6-10-15/h3-12,17-19,22H,2,13-14H2,1H3/t17-,18+,19-/m1/s1. The highest BCUT2D eigenvalue weighted by Gasteiger charge is 2.51. The van der Waals surface area contributed by atoms with Crippen LogP contribution in [-0.2, 0) is 22.7 Å². The summed E-state index contributed by atoms with van der Waals surface area (Å²) in [5, 5.41) is 10.3. The molecule has 4 nitrogen and oxygen atoms in total. The normalized spacial score (nSPS) is 21.4. The zero-order chi connectivity index (χ0) is 16.9. The summed E-state index contributed by atoms with van der Waals surface area (Å²) in [5.41, 5.74) is 2.08. The number of likely N-dealkylation sites (tertiary alicyclic amines) is 1. The topological polar surface area (TPSA) is 49.8 Å². The number of nitrogens with zero attached hydrogens (tertiary/aromatic N) is 1. The summed E-state index contributed by atoms with van der Waals surface area (Å²) >= 11 is 0. The van der Waals surface area contributed by atoms with Crippen molar-refractivity contribution in [2.45, 2.75) is 44.7 Å². The van der Waals surface area contributed by atoms with Gasteiger partial charge in [-0.2, -0.15) is 0 Å². The van der Waals surface area contributed by atoms with Gasteiger partial charge in [0.2, 0.25) is 0 Å². The zero-order valence-electron chi connectivity index (χ0n) is 13.8. The van der Waals surface area contributed by atoms with Crippen molar-refractivity contribution in [3.05, 3.63) is 71.8 Å². The Morgan fingerprint density at radius 1 is 1.04 bits per heavy atom. The molecule has 1 aliphatic rings. The molecular formula is C20H23NO3. The van der Waals surface area contributed by atoms with E-state index in [-0.39, 0.29) is 11.9 Å². The monoisotopic (exact) mass is 325 g/mol. The number of aliphatic hydroxyl groups excluding tert-OH is 1. The average molecular weight is 325 g/mol. The van der Waals surface area contributed by atoms with Gasteiger partial charge in [0, 0.05) is 6.54 Å². The molecule has 2 aromatic rings. The Bertz CT molecular complexity index is 659. The van der Waals surface area contributed by atoms with Gasteiger partial charge in [0.1, 0.15) is 0 Å². The highest BCUT2D eigenvalue weighted by Crippen LogP contribution is 2.30. The molecule has 0 aliphatic carbocycles. The molecule has 1 N–H and O–H groups in total. The van der Waals surface area contributed by atoms with Crippen molar-refractivity contribution in [1.82, 2.24) is 4.90 Å². The van der Waals surface area contributed by atoms with Gasteiger partial charge < -0.3 is 14.7 Å². The van der Waals surface area contributed by atoms with Gasteiger partial charge in [-0.1, -0.05) is 67.6 Å². The second-order valence-electron chi connectivity index (χ2n) is 6.14. The number of β-lactam (4-membered cyclic amide) rings is 1. The molecule has 24 heavy (non-hydrogen) atoms. The first-order valence-corrected chi connectivity index (χ1v) is 8.38. The summed E-state index contributed by atoms with van der Waals surface area (Å²) < 4.78 is 5.83. The third-order valence-corrected chi connectivity index (χ3v) is 4.48. The van der Waals surface area contributed by atoms with Gasteiger partial charge in [-0.25, -0.2) is 0 Å². The van der Waals surface area contributed by atoms with Gasteiger partial charge in [-0.3, -0.25) is 4.79 Å². The number of rotatable bonds is 7. The van der Waals surface area contributed by atoms with Crippen molar-refractivity contribution in [1.29, 1.82) is 0 Å². The van der Waals surface area contributed by atoms with Gasteiger partial charge in [-0.05, 0) is 17.5 Å². The summed E-state index contributed by atoms with van der Waals surface area (Å²) in [6.07, 6.45) is -0.551. The van der Waals surface area contributed by atoms with E-state index in [2.05, 4.69) is 0 Å². The first kappa shape index (κ1) is 16.7. The molecule has 1 amide bonds. The van der Waals surface area contributed by atoms with Crippen LogP contribution >= 0.6 is 0 Å². The minimum absolute atomic E-state index is 0.0488. The van der Waals surface area contributed by atoms with Crippen LogP contribution in [0.1, 0.15) is 24.5 Å². The molecule has 1 saturated heterocycles. The highest BCUT2D eigenvalue weighted by atomic mass is 16.5. The Morgan fingerprint density at radius 2 is 1.62 bits per heavy atom. The molecule has 3 rings (SSSR count). The van der Waals surface area contributed by atoms with E-state index in [4.69, 9.17) is 4.74 Å². The van der Waals surface area contributed by atoms with Crippen LogP contribution in [-0.4, -0.2) is 34.2 Å². The first-order valence-electron chi connectivity index (χ1n) is 8.38. The van der Waals surface area contributed by atoms with Gasteiger partial charge in [0.15, 0.2) is 6.10 Å². The number of carbonyl (C=O) groups excluding carboxylic acids is 1. The molecule has 0 aromatic heterocycles. The van der Waals surface area contributed by atoms with Crippen LogP contribution in [0.25, 0.3) is 0 Å². The fourth-order valence-electron chi connectivity index (χ4n) is 3.08. The maximum absolute atomic E-state index is 12.5. The third kappa shape index (κ3) is 3.50. The summed E-state index contributed by atoms with van der Waals surface area (Å²) in [6, 6.07) is 19.3. The lowest BCUT2D eigenvalue weighted by Gasteiger charge is -2.48. The van der Waals surface area contributed by atoms with E-state index < -0.39 is 12.2 Å². The van der Waals surface area contributed by atoms with Crippen molar-refractivity contribution >= 4 is 5.91 Å². The van der Waals surface area contributed by atoms with Crippen LogP contribution in [0.15, 0.2) is 60.7 Å². The quantitative estimate of drug-likeness (QED) is 0.796. The molecule has 1 heterocycles. The molecule has 0 bridgehead atoms. The lowest BCUT2D eigenvalue weighted by molar-refractivity contribution is -0.188. The van der Waals surface area contributed by atoms with E-state index in [0.29, 0.717) is 19.6 Å². The van der Waals surface area contributed by atoms with Crippen LogP contribution in [0.3, 0.4) is 0 Å². The Kier molecular flexibility index (Phi) is 5.28. The number of amides is 1. The number of carbonyl (C=O) groups is 1. The average Bonchev–Trinajstić information content (AvgIpc) is 2.64. The second-order valence-corrected chi connectivity index (χ2v) is 6.14. The van der Waals surface area contributed by atoms with Gasteiger partial charge >= 0.3 is 0 Å². The first-order chi connectivity index (χ1) is 11.7. The van der Waals surface area contributed by atoms with E-state index in [1.165, 1.54) is 0 Å². The lowest BCUT2D eigenvalue weighted by Crippen LogP contribution is -2.69. The molecule has 0 radical (unpaired) electrons. The van der Waals surface area contributed by atoms with E-state index in [0.717, 1.165) is 11.1 Å². The highest BCUT2D eigenvalue weighted by molar-refractivity contribution is 5.88. The van der Waals surface area contributed by atoms with Crippen molar-refractivity contribution < 1.29 is 14.6 Å². The molecule has 3 atom stereocenters. The molecule has 0 spiro atoms. The Hall–Kier alpha value is -2.17. The molecule has 0 saturated carbocycles.